The smallest absolute Gasteiger partial charge is 0.338 e. The first-order chi connectivity index (χ1) is 11.5. The molecule has 2 aromatic rings. The Bertz CT molecular complexity index is 743. The van der Waals surface area contributed by atoms with Crippen molar-refractivity contribution >= 4 is 29.8 Å². The van der Waals surface area contributed by atoms with E-state index in [1.54, 1.807) is 18.2 Å². The van der Waals surface area contributed by atoms with E-state index in [4.69, 9.17) is 16.3 Å². The van der Waals surface area contributed by atoms with Gasteiger partial charge in [-0.3, -0.25) is 9.59 Å². The molecule has 0 aliphatic rings. The van der Waals surface area contributed by atoms with E-state index < -0.39 is 18.0 Å². The standard InChI is InChI=1S/C18H16ClNO4/c1-12(17(22)20-10-15-4-2-3-5-16(15)19)24-18(23)14-8-6-13(11-21)7-9-14/h2-9,11-12H,10H2,1H3,(H,20,22). The molecular formula is C18H16ClNO4. The van der Waals surface area contributed by atoms with Crippen molar-refractivity contribution in [3.8, 4) is 0 Å². The second-order valence-electron chi connectivity index (χ2n) is 5.10. The Hall–Kier alpha value is -2.66. The molecule has 0 bridgehead atoms. The largest absolute Gasteiger partial charge is 0.449 e. The minimum Gasteiger partial charge on any atom is -0.449 e. The summed E-state index contributed by atoms with van der Waals surface area (Å²) in [6, 6.07) is 13.1. The van der Waals surface area contributed by atoms with Crippen molar-refractivity contribution in [1.29, 1.82) is 0 Å². The number of carbonyl (C=O) groups excluding carboxylic acids is 3. The first kappa shape index (κ1) is 17.7. The highest BCUT2D eigenvalue weighted by atomic mass is 35.5. The quantitative estimate of drug-likeness (QED) is 0.645. The van der Waals surface area contributed by atoms with Crippen molar-refractivity contribution in [3.63, 3.8) is 0 Å². The second kappa shape index (κ2) is 8.26. The van der Waals surface area contributed by atoms with Gasteiger partial charge in [0.25, 0.3) is 5.91 Å². The number of hydrogen-bond donors (Lipinski definition) is 1. The average molecular weight is 346 g/mol. The Kier molecular flexibility index (Phi) is 6.09. The van der Waals surface area contributed by atoms with Crippen molar-refractivity contribution in [2.45, 2.75) is 19.6 Å². The molecule has 0 aliphatic heterocycles. The van der Waals surface area contributed by atoms with Crippen LogP contribution in [-0.2, 0) is 16.1 Å². The van der Waals surface area contributed by atoms with Crippen LogP contribution in [0, 0.1) is 0 Å². The molecule has 0 saturated heterocycles. The molecule has 2 rings (SSSR count). The number of rotatable bonds is 6. The molecule has 5 nitrogen and oxygen atoms in total. The van der Waals surface area contributed by atoms with Gasteiger partial charge in [0.15, 0.2) is 6.10 Å². The van der Waals surface area contributed by atoms with Crippen molar-refractivity contribution in [3.05, 3.63) is 70.2 Å². The predicted octanol–water partition coefficient (Wildman–Crippen LogP) is 3.01. The van der Waals surface area contributed by atoms with Crippen LogP contribution in [0.1, 0.15) is 33.2 Å². The van der Waals surface area contributed by atoms with Gasteiger partial charge in [-0.1, -0.05) is 41.9 Å². The van der Waals surface area contributed by atoms with E-state index in [1.807, 2.05) is 6.07 Å². The molecule has 2 aromatic carbocycles. The van der Waals surface area contributed by atoms with Gasteiger partial charge in [0, 0.05) is 17.1 Å². The van der Waals surface area contributed by atoms with Gasteiger partial charge in [-0.15, -0.1) is 0 Å². The summed E-state index contributed by atoms with van der Waals surface area (Å²) in [5.41, 5.74) is 1.50. The van der Waals surface area contributed by atoms with Crippen LogP contribution in [0.3, 0.4) is 0 Å². The van der Waals surface area contributed by atoms with Crippen LogP contribution in [0.4, 0.5) is 0 Å². The molecule has 0 spiro atoms. The zero-order valence-corrected chi connectivity index (χ0v) is 13.7. The van der Waals surface area contributed by atoms with E-state index in [0.717, 1.165) is 5.56 Å². The van der Waals surface area contributed by atoms with Gasteiger partial charge < -0.3 is 10.1 Å². The lowest BCUT2D eigenvalue weighted by molar-refractivity contribution is -0.129. The van der Waals surface area contributed by atoms with Crippen LogP contribution in [0.25, 0.3) is 0 Å². The lowest BCUT2D eigenvalue weighted by atomic mass is 10.1. The van der Waals surface area contributed by atoms with Crippen molar-refractivity contribution in [2.24, 2.45) is 0 Å². The van der Waals surface area contributed by atoms with Gasteiger partial charge in [0.1, 0.15) is 6.29 Å². The van der Waals surface area contributed by atoms with Gasteiger partial charge in [-0.05, 0) is 30.7 Å². The van der Waals surface area contributed by atoms with E-state index in [1.165, 1.54) is 31.2 Å². The summed E-state index contributed by atoms with van der Waals surface area (Å²) in [5.74, 6) is -1.05. The third-order valence-corrected chi connectivity index (χ3v) is 3.72. The van der Waals surface area contributed by atoms with E-state index in [2.05, 4.69) is 5.32 Å². The van der Waals surface area contributed by atoms with Crippen molar-refractivity contribution < 1.29 is 19.1 Å². The van der Waals surface area contributed by atoms with Crippen LogP contribution in [0.15, 0.2) is 48.5 Å². The molecule has 0 saturated carbocycles. The highest BCUT2D eigenvalue weighted by Gasteiger charge is 2.18. The molecule has 0 heterocycles. The van der Waals surface area contributed by atoms with Gasteiger partial charge >= 0.3 is 5.97 Å². The third-order valence-electron chi connectivity index (χ3n) is 3.35. The van der Waals surface area contributed by atoms with E-state index in [9.17, 15) is 14.4 Å². The molecule has 1 N–H and O–H groups in total. The van der Waals surface area contributed by atoms with Gasteiger partial charge in [0.05, 0.1) is 5.56 Å². The molecule has 1 atom stereocenters. The number of aldehydes is 1. The van der Waals surface area contributed by atoms with Gasteiger partial charge in [-0.25, -0.2) is 4.79 Å². The number of halogens is 1. The van der Waals surface area contributed by atoms with Crippen LogP contribution < -0.4 is 5.32 Å². The van der Waals surface area contributed by atoms with E-state index in [0.29, 0.717) is 16.9 Å². The average Bonchev–Trinajstić information content (AvgIpc) is 2.60. The van der Waals surface area contributed by atoms with Crippen LogP contribution in [-0.4, -0.2) is 24.3 Å². The van der Waals surface area contributed by atoms with E-state index in [-0.39, 0.29) is 12.1 Å². The first-order valence-electron chi connectivity index (χ1n) is 7.28. The fourth-order valence-electron chi connectivity index (χ4n) is 1.95. The molecular weight excluding hydrogens is 330 g/mol. The normalized spacial score (nSPS) is 11.4. The maximum atomic E-state index is 12.0. The Morgan fingerprint density at radius 3 is 2.46 bits per heavy atom. The number of hydrogen-bond acceptors (Lipinski definition) is 4. The Balaban J connectivity index is 1.89. The monoisotopic (exact) mass is 345 g/mol. The topological polar surface area (TPSA) is 72.5 Å². The van der Waals surface area contributed by atoms with Crippen molar-refractivity contribution in [2.75, 3.05) is 0 Å². The van der Waals surface area contributed by atoms with Crippen LogP contribution in [0.2, 0.25) is 5.02 Å². The summed E-state index contributed by atoms with van der Waals surface area (Å²) in [6.45, 7) is 1.73. The summed E-state index contributed by atoms with van der Waals surface area (Å²) >= 11 is 6.01. The number of amides is 1. The minimum atomic E-state index is -0.953. The number of ether oxygens (including phenoxy) is 1. The fraction of sp³-hybridized carbons (Fsp3) is 0.167. The lowest BCUT2D eigenvalue weighted by Gasteiger charge is -2.14. The van der Waals surface area contributed by atoms with Gasteiger partial charge in [0.2, 0.25) is 0 Å². The molecule has 0 aromatic heterocycles. The molecule has 24 heavy (non-hydrogen) atoms. The summed E-state index contributed by atoms with van der Waals surface area (Å²) in [6.07, 6.45) is -0.273. The summed E-state index contributed by atoms with van der Waals surface area (Å²) < 4.78 is 5.12. The minimum absolute atomic E-state index is 0.244. The second-order valence-corrected chi connectivity index (χ2v) is 5.50. The Labute approximate surface area is 144 Å². The lowest BCUT2D eigenvalue weighted by Crippen LogP contribution is -2.35. The van der Waals surface area contributed by atoms with Crippen LogP contribution >= 0.6 is 11.6 Å². The molecule has 6 heteroatoms. The third kappa shape index (κ3) is 4.67. The number of nitrogens with one attached hydrogen (secondary N) is 1. The summed E-state index contributed by atoms with van der Waals surface area (Å²) in [4.78, 5) is 34.6. The molecule has 0 radical (unpaired) electrons. The zero-order valence-electron chi connectivity index (χ0n) is 13.0. The van der Waals surface area contributed by atoms with Crippen molar-refractivity contribution in [1.82, 2.24) is 5.32 Å². The highest BCUT2D eigenvalue weighted by Crippen LogP contribution is 2.14. The SMILES string of the molecule is CC(OC(=O)c1ccc(C=O)cc1)C(=O)NCc1ccccc1Cl. The Morgan fingerprint density at radius 1 is 1.17 bits per heavy atom. The maximum absolute atomic E-state index is 12.0. The zero-order chi connectivity index (χ0) is 17.5. The van der Waals surface area contributed by atoms with Crippen LogP contribution in [0.5, 0.6) is 0 Å². The number of esters is 1. The maximum Gasteiger partial charge on any atom is 0.338 e. The molecule has 0 aliphatic carbocycles. The fourth-order valence-corrected chi connectivity index (χ4v) is 2.15. The summed E-state index contributed by atoms with van der Waals surface area (Å²) in [5, 5.41) is 3.22. The summed E-state index contributed by atoms with van der Waals surface area (Å²) in [7, 11) is 0. The number of benzene rings is 2. The molecule has 1 amide bonds. The van der Waals surface area contributed by atoms with E-state index >= 15 is 0 Å². The highest BCUT2D eigenvalue weighted by molar-refractivity contribution is 6.31. The molecule has 124 valence electrons. The van der Waals surface area contributed by atoms with Gasteiger partial charge in [-0.2, -0.15) is 0 Å². The number of carbonyl (C=O) groups is 3. The first-order valence-corrected chi connectivity index (χ1v) is 7.66. The molecule has 1 unspecified atom stereocenters. The molecule has 0 fully saturated rings. The predicted molar refractivity (Wildman–Crippen MR) is 90.0 cm³/mol. The Morgan fingerprint density at radius 2 is 1.83 bits per heavy atom.